The maximum Gasteiger partial charge on any atom is 0.227 e. The number of thioether (sulfide) groups is 1. The van der Waals surface area contributed by atoms with Gasteiger partial charge in [-0.15, -0.1) is 0 Å². The van der Waals surface area contributed by atoms with E-state index in [0.717, 1.165) is 71.3 Å². The van der Waals surface area contributed by atoms with Crippen molar-refractivity contribution >= 4 is 35.0 Å². The second kappa shape index (κ2) is 10.8. The van der Waals surface area contributed by atoms with Crippen LogP contribution in [0.4, 0.5) is 23.3 Å². The van der Waals surface area contributed by atoms with E-state index in [2.05, 4.69) is 87.7 Å². The largest absolute Gasteiger partial charge is 0.368 e. The number of benzene rings is 1. The molecule has 1 saturated heterocycles. The number of piperazine rings is 1. The zero-order chi connectivity index (χ0) is 26.9. The fourth-order valence-electron chi connectivity index (χ4n) is 5.04. The molecule has 4 aromatic rings. The Hall–Kier alpha value is -3.69. The Kier molecular flexibility index (Phi) is 7.10. The van der Waals surface area contributed by atoms with Crippen molar-refractivity contribution in [2.24, 2.45) is 0 Å². The third-order valence-electron chi connectivity index (χ3n) is 7.21. The van der Waals surface area contributed by atoms with Gasteiger partial charge in [0.1, 0.15) is 17.0 Å². The van der Waals surface area contributed by atoms with Gasteiger partial charge in [-0.1, -0.05) is 49.9 Å². The van der Waals surface area contributed by atoms with Crippen molar-refractivity contribution in [3.63, 3.8) is 0 Å². The first-order chi connectivity index (χ1) is 18.9. The van der Waals surface area contributed by atoms with Gasteiger partial charge in [0, 0.05) is 62.0 Å². The number of hydrogen-bond donors (Lipinski definition) is 2. The predicted molar refractivity (Wildman–Crippen MR) is 160 cm³/mol. The molecule has 6 rings (SSSR count). The Labute approximate surface area is 234 Å². The lowest BCUT2D eigenvalue weighted by Gasteiger charge is -2.32. The number of pyridine rings is 2. The van der Waals surface area contributed by atoms with Crippen LogP contribution in [0.15, 0.2) is 65.8 Å². The van der Waals surface area contributed by atoms with E-state index in [1.54, 1.807) is 11.8 Å². The molecule has 2 N–H and O–H groups in total. The Balaban J connectivity index is 1.19. The number of nitrogens with one attached hydrogen (secondary N) is 2. The molecular weight excluding hydrogens is 504 g/mol. The number of anilines is 4. The van der Waals surface area contributed by atoms with Crippen molar-refractivity contribution < 1.29 is 0 Å². The zero-order valence-electron chi connectivity index (χ0n) is 22.8. The number of nitrogens with zero attached hydrogens (tertiary/aromatic N) is 6. The van der Waals surface area contributed by atoms with Crippen LogP contribution in [0.2, 0.25) is 0 Å². The van der Waals surface area contributed by atoms with Crippen molar-refractivity contribution in [2.75, 3.05) is 48.8 Å². The molecule has 2 aliphatic heterocycles. The van der Waals surface area contributed by atoms with Crippen molar-refractivity contribution in [1.82, 2.24) is 24.8 Å². The summed E-state index contributed by atoms with van der Waals surface area (Å²) in [4.78, 5) is 24.6. The minimum Gasteiger partial charge on any atom is -0.368 e. The molecule has 5 heterocycles. The topological polar surface area (TPSA) is 82.1 Å². The second-order valence-corrected chi connectivity index (χ2v) is 11.7. The molecule has 1 fully saturated rings. The van der Waals surface area contributed by atoms with E-state index in [1.807, 2.05) is 31.5 Å². The maximum atomic E-state index is 4.81. The van der Waals surface area contributed by atoms with Crippen molar-refractivity contribution in [2.45, 2.75) is 37.0 Å². The Morgan fingerprint density at radius 1 is 0.974 bits per heavy atom. The van der Waals surface area contributed by atoms with Crippen LogP contribution in [0, 0.1) is 6.92 Å². The third-order valence-corrected chi connectivity index (χ3v) is 8.41. The summed E-state index contributed by atoms with van der Waals surface area (Å²) in [6.45, 7) is 10.3. The molecule has 0 bridgehead atoms. The molecule has 200 valence electrons. The lowest BCUT2D eigenvalue weighted by molar-refractivity contribution is 0.311. The Morgan fingerprint density at radius 3 is 2.64 bits per heavy atom. The number of rotatable bonds is 6. The van der Waals surface area contributed by atoms with Crippen molar-refractivity contribution in [3.05, 3.63) is 77.7 Å². The monoisotopic (exact) mass is 538 g/mol. The molecule has 0 aliphatic carbocycles. The van der Waals surface area contributed by atoms with Gasteiger partial charge in [0.05, 0.1) is 16.3 Å². The molecule has 3 aromatic heterocycles. The molecule has 0 saturated carbocycles. The van der Waals surface area contributed by atoms with Gasteiger partial charge in [0.2, 0.25) is 5.95 Å². The summed E-state index contributed by atoms with van der Waals surface area (Å²) >= 11 is 1.78. The highest BCUT2D eigenvalue weighted by Crippen LogP contribution is 2.47. The normalized spacial score (nSPS) is 17.3. The lowest BCUT2D eigenvalue weighted by Crippen LogP contribution is -2.45. The summed E-state index contributed by atoms with van der Waals surface area (Å²) < 4.78 is 0. The summed E-state index contributed by atoms with van der Waals surface area (Å²) in [6, 6.07) is 16.9. The van der Waals surface area contributed by atoms with Gasteiger partial charge in [-0.2, -0.15) is 4.98 Å². The van der Waals surface area contributed by atoms with Gasteiger partial charge in [-0.3, -0.25) is 4.98 Å². The molecule has 1 atom stereocenters. The van der Waals surface area contributed by atoms with Gasteiger partial charge >= 0.3 is 0 Å². The van der Waals surface area contributed by atoms with Gasteiger partial charge in [-0.25, -0.2) is 9.97 Å². The van der Waals surface area contributed by atoms with Gasteiger partial charge < -0.3 is 20.4 Å². The van der Waals surface area contributed by atoms with E-state index in [4.69, 9.17) is 9.97 Å². The molecule has 2 aliphatic rings. The molecule has 39 heavy (non-hydrogen) atoms. The van der Waals surface area contributed by atoms with E-state index < -0.39 is 0 Å². The fraction of sp³-hybridized carbons (Fsp3) is 0.333. The Bertz CT molecular complexity index is 1480. The molecule has 0 spiro atoms. The molecular formula is C30H34N8S. The summed E-state index contributed by atoms with van der Waals surface area (Å²) in [7, 11) is 2.15. The summed E-state index contributed by atoms with van der Waals surface area (Å²) in [5, 5.41) is 7.20. The molecule has 1 aromatic carbocycles. The zero-order valence-corrected chi connectivity index (χ0v) is 23.7. The molecule has 9 heteroatoms. The standard InChI is InChI=1S/C30H34N8S/c1-19(2)23-9-6-10-31-28(23)21-7-5-8-22(16-21)29-34-24-17-26(32-18-25(24)39-29)35-27-15-20(3)33-30(36-27)38-13-11-37(4)12-14-38/h5-10,15-19,29,34H,11-14H2,1-4H3,(H,32,33,35,36). The van der Waals surface area contributed by atoms with Crippen LogP contribution in [0.25, 0.3) is 11.3 Å². The highest BCUT2D eigenvalue weighted by molar-refractivity contribution is 8.00. The first kappa shape index (κ1) is 25.6. The van der Waals surface area contributed by atoms with Gasteiger partial charge in [0.25, 0.3) is 0 Å². The van der Waals surface area contributed by atoms with Crippen LogP contribution in [-0.2, 0) is 0 Å². The average Bonchev–Trinajstić information content (AvgIpc) is 3.37. The van der Waals surface area contributed by atoms with Crippen LogP contribution in [0.5, 0.6) is 0 Å². The average molecular weight is 539 g/mol. The van der Waals surface area contributed by atoms with E-state index in [9.17, 15) is 0 Å². The maximum absolute atomic E-state index is 4.81. The van der Waals surface area contributed by atoms with Crippen LogP contribution < -0.4 is 15.5 Å². The number of fused-ring (bicyclic) bond motifs is 1. The molecule has 0 radical (unpaired) electrons. The van der Waals surface area contributed by atoms with Crippen LogP contribution >= 0.6 is 11.8 Å². The molecule has 0 amide bonds. The van der Waals surface area contributed by atoms with Gasteiger partial charge in [-0.05, 0) is 43.1 Å². The molecule has 8 nitrogen and oxygen atoms in total. The SMILES string of the molecule is Cc1cc(Nc2cc3c(cn2)SC(c2cccc(-c4ncccc4C(C)C)c2)N3)nc(N2CCN(C)CC2)n1. The number of aromatic nitrogens is 4. The summed E-state index contributed by atoms with van der Waals surface area (Å²) in [5.41, 5.74) is 6.68. The third kappa shape index (κ3) is 5.55. The van der Waals surface area contributed by atoms with Crippen LogP contribution in [-0.4, -0.2) is 58.1 Å². The van der Waals surface area contributed by atoms with Gasteiger partial charge in [0.15, 0.2) is 0 Å². The summed E-state index contributed by atoms with van der Waals surface area (Å²) in [5.74, 6) is 2.70. The second-order valence-electron chi connectivity index (χ2n) is 10.5. The minimum absolute atomic E-state index is 0.105. The number of aryl methyl sites for hydroxylation is 1. The highest BCUT2D eigenvalue weighted by atomic mass is 32.2. The molecule has 1 unspecified atom stereocenters. The lowest BCUT2D eigenvalue weighted by atomic mass is 9.96. The Morgan fingerprint density at radius 2 is 1.82 bits per heavy atom. The van der Waals surface area contributed by atoms with E-state index in [1.165, 1.54) is 11.1 Å². The van der Waals surface area contributed by atoms with E-state index in [-0.39, 0.29) is 5.37 Å². The van der Waals surface area contributed by atoms with Crippen LogP contribution in [0.1, 0.15) is 42.0 Å². The summed E-state index contributed by atoms with van der Waals surface area (Å²) in [6.07, 6.45) is 3.81. The quantitative estimate of drug-likeness (QED) is 0.304. The van der Waals surface area contributed by atoms with Crippen molar-refractivity contribution in [1.29, 1.82) is 0 Å². The van der Waals surface area contributed by atoms with Crippen LogP contribution in [0.3, 0.4) is 0 Å². The van der Waals surface area contributed by atoms with E-state index in [0.29, 0.717) is 5.92 Å². The minimum atomic E-state index is 0.105. The first-order valence-electron chi connectivity index (χ1n) is 13.5. The van der Waals surface area contributed by atoms with Crippen molar-refractivity contribution in [3.8, 4) is 11.3 Å². The first-order valence-corrected chi connectivity index (χ1v) is 14.4. The van der Waals surface area contributed by atoms with E-state index >= 15 is 0 Å². The smallest absolute Gasteiger partial charge is 0.227 e. The fourth-order valence-corrected chi connectivity index (χ4v) is 6.12. The number of hydrogen-bond acceptors (Lipinski definition) is 9. The highest BCUT2D eigenvalue weighted by Gasteiger charge is 2.25. The predicted octanol–water partition coefficient (Wildman–Crippen LogP) is 6.08. The number of likely N-dealkylation sites (N-methyl/N-ethyl adjacent to an activating group) is 1.